The standard InChI is InChI=1S/C10H21F/c1-6-9(7-2)10(5,11)8(3)4/h8-9H,6-7H2,1-5H3/t10-/m0/s1. The van der Waals surface area contributed by atoms with Crippen LogP contribution < -0.4 is 0 Å². The Morgan fingerprint density at radius 3 is 1.64 bits per heavy atom. The molecule has 11 heavy (non-hydrogen) atoms. The lowest BCUT2D eigenvalue weighted by Crippen LogP contribution is -2.34. The third kappa shape index (κ3) is 2.46. The van der Waals surface area contributed by atoms with Crippen LogP contribution in [-0.4, -0.2) is 5.67 Å². The molecule has 0 bridgehead atoms. The van der Waals surface area contributed by atoms with Gasteiger partial charge in [-0.15, -0.1) is 0 Å². The van der Waals surface area contributed by atoms with Crippen LogP contribution >= 0.6 is 0 Å². The van der Waals surface area contributed by atoms with Crippen molar-refractivity contribution in [2.45, 2.75) is 53.1 Å². The van der Waals surface area contributed by atoms with Crippen molar-refractivity contribution in [3.8, 4) is 0 Å². The molecule has 0 N–H and O–H groups in total. The van der Waals surface area contributed by atoms with Gasteiger partial charge >= 0.3 is 0 Å². The minimum Gasteiger partial charge on any atom is -0.244 e. The van der Waals surface area contributed by atoms with Crippen LogP contribution in [0.25, 0.3) is 0 Å². The second-order valence-electron chi connectivity index (χ2n) is 3.82. The Hall–Kier alpha value is -0.0700. The predicted octanol–water partition coefficient (Wildman–Crippen LogP) is 3.81. The molecule has 0 aromatic heterocycles. The van der Waals surface area contributed by atoms with E-state index in [4.69, 9.17) is 0 Å². The predicted molar refractivity (Wildman–Crippen MR) is 48.4 cm³/mol. The minimum absolute atomic E-state index is 0.132. The molecule has 0 aliphatic rings. The van der Waals surface area contributed by atoms with E-state index in [-0.39, 0.29) is 11.8 Å². The summed E-state index contributed by atoms with van der Waals surface area (Å²) in [5.74, 6) is 0.356. The Kier molecular flexibility index (Phi) is 4.05. The molecule has 0 nitrogen and oxygen atoms in total. The van der Waals surface area contributed by atoms with Gasteiger partial charge in [0.2, 0.25) is 0 Å². The van der Waals surface area contributed by atoms with E-state index in [0.717, 1.165) is 12.8 Å². The van der Waals surface area contributed by atoms with Crippen LogP contribution in [0.2, 0.25) is 0 Å². The Labute approximate surface area is 70.2 Å². The van der Waals surface area contributed by atoms with Crippen molar-refractivity contribution in [2.75, 3.05) is 0 Å². The lowest BCUT2D eigenvalue weighted by molar-refractivity contribution is 0.0450. The van der Waals surface area contributed by atoms with E-state index in [9.17, 15) is 4.39 Å². The fourth-order valence-electron chi connectivity index (χ4n) is 1.56. The summed E-state index contributed by atoms with van der Waals surface area (Å²) in [7, 11) is 0. The van der Waals surface area contributed by atoms with Gasteiger partial charge in [0.25, 0.3) is 0 Å². The Morgan fingerprint density at radius 2 is 1.55 bits per heavy atom. The van der Waals surface area contributed by atoms with Gasteiger partial charge in [-0.25, -0.2) is 4.39 Å². The minimum atomic E-state index is -0.983. The van der Waals surface area contributed by atoms with Crippen LogP contribution in [0, 0.1) is 11.8 Å². The smallest absolute Gasteiger partial charge is 0.113 e. The molecule has 1 heteroatoms. The first-order valence-corrected chi connectivity index (χ1v) is 4.65. The monoisotopic (exact) mass is 160 g/mol. The molecule has 0 aliphatic heterocycles. The van der Waals surface area contributed by atoms with Crippen LogP contribution in [0.4, 0.5) is 4.39 Å². The van der Waals surface area contributed by atoms with Crippen LogP contribution in [0.1, 0.15) is 47.5 Å². The highest BCUT2D eigenvalue weighted by Gasteiger charge is 2.34. The van der Waals surface area contributed by atoms with Gasteiger partial charge in [0.15, 0.2) is 0 Å². The van der Waals surface area contributed by atoms with Crippen molar-refractivity contribution in [3.63, 3.8) is 0 Å². The molecule has 0 amide bonds. The second-order valence-corrected chi connectivity index (χ2v) is 3.82. The summed E-state index contributed by atoms with van der Waals surface area (Å²) in [5, 5.41) is 0. The molecule has 0 aromatic rings. The zero-order valence-electron chi connectivity index (χ0n) is 8.45. The number of alkyl halides is 1. The highest BCUT2D eigenvalue weighted by atomic mass is 19.1. The fourth-order valence-corrected chi connectivity index (χ4v) is 1.56. The van der Waals surface area contributed by atoms with E-state index in [2.05, 4.69) is 13.8 Å². The average molecular weight is 160 g/mol. The third-order valence-corrected chi connectivity index (χ3v) is 2.91. The highest BCUT2D eigenvalue weighted by Crippen LogP contribution is 2.34. The molecular weight excluding hydrogens is 139 g/mol. The van der Waals surface area contributed by atoms with E-state index < -0.39 is 5.67 Å². The fraction of sp³-hybridized carbons (Fsp3) is 1.00. The van der Waals surface area contributed by atoms with Gasteiger partial charge in [-0.3, -0.25) is 0 Å². The van der Waals surface area contributed by atoms with E-state index in [1.807, 2.05) is 13.8 Å². The average Bonchev–Trinajstić information content (AvgIpc) is 1.89. The molecule has 0 unspecified atom stereocenters. The quantitative estimate of drug-likeness (QED) is 0.586. The molecule has 0 radical (unpaired) electrons. The van der Waals surface area contributed by atoms with E-state index in [1.54, 1.807) is 6.92 Å². The largest absolute Gasteiger partial charge is 0.244 e. The summed E-state index contributed by atoms with van der Waals surface area (Å²) in [6.45, 7) is 9.77. The number of rotatable bonds is 4. The Morgan fingerprint density at radius 1 is 1.18 bits per heavy atom. The molecule has 0 fully saturated rings. The van der Waals surface area contributed by atoms with Gasteiger partial charge in [-0.2, -0.15) is 0 Å². The van der Waals surface area contributed by atoms with Gasteiger partial charge in [-0.05, 0) is 18.8 Å². The Balaban J connectivity index is 4.24. The summed E-state index contributed by atoms with van der Waals surface area (Å²) in [6, 6.07) is 0. The maximum absolute atomic E-state index is 13.9. The summed E-state index contributed by atoms with van der Waals surface area (Å²) in [4.78, 5) is 0. The number of hydrogen-bond acceptors (Lipinski definition) is 0. The lowest BCUT2D eigenvalue weighted by Gasteiger charge is -2.32. The molecule has 0 aromatic carbocycles. The second kappa shape index (κ2) is 4.08. The summed E-state index contributed by atoms with van der Waals surface area (Å²) in [6.07, 6.45) is 1.89. The van der Waals surface area contributed by atoms with Crippen LogP contribution in [0.5, 0.6) is 0 Å². The molecule has 0 saturated carbocycles. The van der Waals surface area contributed by atoms with Crippen LogP contribution in [0.15, 0.2) is 0 Å². The zero-order valence-corrected chi connectivity index (χ0v) is 8.45. The number of halogens is 1. The van der Waals surface area contributed by atoms with Gasteiger partial charge in [0.1, 0.15) is 5.67 Å². The molecule has 0 heterocycles. The van der Waals surface area contributed by atoms with Gasteiger partial charge in [0.05, 0.1) is 0 Å². The normalized spacial score (nSPS) is 17.5. The summed E-state index contributed by atoms with van der Waals surface area (Å²) < 4.78 is 13.9. The van der Waals surface area contributed by atoms with Crippen molar-refractivity contribution < 1.29 is 4.39 Å². The summed E-state index contributed by atoms with van der Waals surface area (Å²) >= 11 is 0. The van der Waals surface area contributed by atoms with E-state index >= 15 is 0 Å². The maximum Gasteiger partial charge on any atom is 0.113 e. The van der Waals surface area contributed by atoms with Crippen molar-refractivity contribution in [1.82, 2.24) is 0 Å². The van der Waals surface area contributed by atoms with E-state index in [1.165, 1.54) is 0 Å². The first kappa shape index (κ1) is 10.9. The first-order chi connectivity index (χ1) is 4.96. The van der Waals surface area contributed by atoms with Gasteiger partial charge in [-0.1, -0.05) is 40.5 Å². The SMILES string of the molecule is CCC(CC)[C@@](C)(F)C(C)C. The van der Waals surface area contributed by atoms with Crippen LogP contribution in [0.3, 0.4) is 0 Å². The molecule has 0 aliphatic carbocycles. The van der Waals surface area contributed by atoms with Gasteiger partial charge in [0, 0.05) is 0 Å². The summed E-state index contributed by atoms with van der Waals surface area (Å²) in [5.41, 5.74) is -0.983. The Bertz CT molecular complexity index is 101. The molecule has 68 valence electrons. The first-order valence-electron chi connectivity index (χ1n) is 4.65. The van der Waals surface area contributed by atoms with Crippen molar-refractivity contribution in [3.05, 3.63) is 0 Å². The van der Waals surface area contributed by atoms with Crippen molar-refractivity contribution in [1.29, 1.82) is 0 Å². The van der Waals surface area contributed by atoms with Crippen molar-refractivity contribution >= 4 is 0 Å². The molecule has 0 rings (SSSR count). The van der Waals surface area contributed by atoms with Crippen LogP contribution in [-0.2, 0) is 0 Å². The highest BCUT2D eigenvalue weighted by molar-refractivity contribution is 4.83. The van der Waals surface area contributed by atoms with Gasteiger partial charge < -0.3 is 0 Å². The lowest BCUT2D eigenvalue weighted by atomic mass is 9.79. The topological polar surface area (TPSA) is 0 Å². The number of hydrogen-bond donors (Lipinski definition) is 0. The zero-order chi connectivity index (χ0) is 9.07. The van der Waals surface area contributed by atoms with Crippen molar-refractivity contribution in [2.24, 2.45) is 11.8 Å². The molecule has 0 spiro atoms. The van der Waals surface area contributed by atoms with E-state index in [0.29, 0.717) is 0 Å². The molecule has 1 atom stereocenters. The third-order valence-electron chi connectivity index (χ3n) is 2.91. The molecule has 0 saturated heterocycles. The maximum atomic E-state index is 13.9. The molecular formula is C10H21F.